The lowest BCUT2D eigenvalue weighted by Gasteiger charge is -2.24. The van der Waals surface area contributed by atoms with Crippen molar-refractivity contribution in [3.63, 3.8) is 0 Å². The van der Waals surface area contributed by atoms with Gasteiger partial charge in [0.15, 0.2) is 20.3 Å². The first-order chi connectivity index (χ1) is 13.2. The first kappa shape index (κ1) is 19.8. The molecule has 0 aliphatic heterocycles. The summed E-state index contributed by atoms with van der Waals surface area (Å²) in [6.45, 7) is 1.46. The van der Waals surface area contributed by atoms with Crippen LogP contribution in [0.4, 0.5) is 0 Å². The molecule has 1 atom stereocenters. The van der Waals surface area contributed by atoms with Crippen LogP contribution < -0.4 is 5.48 Å². The number of carbonyl (C=O) groups is 1. The Hall–Kier alpha value is -2.98. The van der Waals surface area contributed by atoms with Gasteiger partial charge in [-0.2, -0.15) is 5.10 Å². The van der Waals surface area contributed by atoms with Crippen LogP contribution in [0.1, 0.15) is 13.3 Å². The van der Waals surface area contributed by atoms with E-state index in [9.17, 15) is 13.2 Å². The Labute approximate surface area is 161 Å². The smallest absolute Gasteiger partial charge is 0.264 e. The van der Waals surface area contributed by atoms with Crippen molar-refractivity contribution in [3.05, 3.63) is 48.9 Å². The molecule has 3 aromatic rings. The second kappa shape index (κ2) is 7.56. The van der Waals surface area contributed by atoms with Crippen LogP contribution in [0.25, 0.3) is 22.5 Å². The molecule has 10 heteroatoms. The number of amides is 1. The Bertz CT molecular complexity index is 1080. The molecule has 0 bridgehead atoms. The highest BCUT2D eigenvalue weighted by Crippen LogP contribution is 2.27. The van der Waals surface area contributed by atoms with Gasteiger partial charge in [-0.1, -0.05) is 23.4 Å². The van der Waals surface area contributed by atoms with Gasteiger partial charge < -0.3 is 4.52 Å². The number of carbonyl (C=O) groups excluding carboxylic acids is 1. The van der Waals surface area contributed by atoms with Crippen LogP contribution in [-0.4, -0.2) is 45.5 Å². The van der Waals surface area contributed by atoms with E-state index in [0.717, 1.165) is 22.9 Å². The Morgan fingerprint density at radius 3 is 2.68 bits per heavy atom. The van der Waals surface area contributed by atoms with E-state index in [1.807, 2.05) is 24.3 Å². The minimum absolute atomic E-state index is 0.0442. The number of nitrogens with zero attached hydrogens (tertiary/aromatic N) is 3. The van der Waals surface area contributed by atoms with Crippen molar-refractivity contribution in [2.24, 2.45) is 0 Å². The largest absolute Gasteiger partial charge is 0.356 e. The highest BCUT2D eigenvalue weighted by molar-refractivity contribution is 7.92. The van der Waals surface area contributed by atoms with E-state index in [0.29, 0.717) is 5.76 Å². The maximum atomic E-state index is 12.0. The highest BCUT2D eigenvalue weighted by Gasteiger charge is 2.43. The number of hydroxylamine groups is 1. The van der Waals surface area contributed by atoms with Crippen molar-refractivity contribution in [1.82, 2.24) is 20.4 Å². The lowest BCUT2D eigenvalue weighted by Crippen LogP contribution is -2.49. The van der Waals surface area contributed by atoms with E-state index in [-0.39, 0.29) is 13.0 Å². The number of rotatable bonds is 7. The van der Waals surface area contributed by atoms with Gasteiger partial charge in [-0.3, -0.25) is 14.7 Å². The summed E-state index contributed by atoms with van der Waals surface area (Å²) in [6.07, 6.45) is 5.91. The number of hydrogen-bond donors (Lipinski definition) is 2. The third-order valence-electron chi connectivity index (χ3n) is 4.77. The summed E-state index contributed by atoms with van der Waals surface area (Å²) >= 11 is 0. The van der Waals surface area contributed by atoms with Gasteiger partial charge in [0.2, 0.25) is 0 Å². The molecule has 0 aliphatic rings. The fraction of sp³-hybridized carbons (Fsp3) is 0.278. The predicted octanol–water partition coefficient (Wildman–Crippen LogP) is 1.90. The minimum atomic E-state index is -3.75. The molecule has 3 rings (SSSR count). The van der Waals surface area contributed by atoms with E-state index < -0.39 is 20.5 Å². The van der Waals surface area contributed by atoms with Crippen LogP contribution in [0, 0.1) is 0 Å². The fourth-order valence-corrected chi connectivity index (χ4v) is 3.61. The number of benzene rings is 1. The van der Waals surface area contributed by atoms with Gasteiger partial charge in [0.05, 0.1) is 12.4 Å². The Morgan fingerprint density at radius 2 is 2.04 bits per heavy atom. The SMILES string of the molecule is CC(CCn1cc(-c2cccc(-c3ccno3)c2)cn1)(C(=O)NO)S(C)(=O)=O. The zero-order valence-electron chi connectivity index (χ0n) is 15.4. The molecule has 0 fully saturated rings. The Morgan fingerprint density at radius 1 is 1.29 bits per heavy atom. The second-order valence-electron chi connectivity index (χ2n) is 6.64. The lowest BCUT2D eigenvalue weighted by atomic mass is 10.0. The highest BCUT2D eigenvalue weighted by atomic mass is 32.2. The molecule has 28 heavy (non-hydrogen) atoms. The summed E-state index contributed by atoms with van der Waals surface area (Å²) in [6, 6.07) is 9.40. The van der Waals surface area contributed by atoms with Crippen LogP contribution in [0.5, 0.6) is 0 Å². The lowest BCUT2D eigenvalue weighted by molar-refractivity contribution is -0.131. The molecule has 1 amide bonds. The summed E-state index contributed by atoms with van der Waals surface area (Å²) in [5.74, 6) is -0.324. The molecule has 148 valence electrons. The molecule has 0 radical (unpaired) electrons. The number of sulfone groups is 1. The van der Waals surface area contributed by atoms with E-state index in [1.54, 1.807) is 29.3 Å². The van der Waals surface area contributed by atoms with Crippen LogP contribution in [0.2, 0.25) is 0 Å². The first-order valence-corrected chi connectivity index (χ1v) is 10.3. The van der Waals surface area contributed by atoms with E-state index in [4.69, 9.17) is 9.73 Å². The van der Waals surface area contributed by atoms with Crippen molar-refractivity contribution in [2.45, 2.75) is 24.6 Å². The minimum Gasteiger partial charge on any atom is -0.356 e. The Kier molecular flexibility index (Phi) is 5.34. The average Bonchev–Trinajstić information content (AvgIpc) is 3.36. The molecule has 1 unspecified atom stereocenters. The third-order valence-corrected chi connectivity index (χ3v) is 6.80. The second-order valence-corrected chi connectivity index (χ2v) is 9.09. The molecule has 9 nitrogen and oxygen atoms in total. The van der Waals surface area contributed by atoms with Crippen LogP contribution in [-0.2, 0) is 21.2 Å². The van der Waals surface area contributed by atoms with Crippen molar-refractivity contribution in [1.29, 1.82) is 0 Å². The molecule has 0 saturated carbocycles. The maximum absolute atomic E-state index is 12.0. The number of nitrogens with one attached hydrogen (secondary N) is 1. The fourth-order valence-electron chi connectivity index (χ4n) is 2.77. The molecule has 0 spiro atoms. The molecule has 0 aliphatic carbocycles. The molecule has 1 aromatic carbocycles. The summed E-state index contributed by atoms with van der Waals surface area (Å²) in [5, 5.41) is 16.8. The molecule has 2 N–H and O–H groups in total. The van der Waals surface area contributed by atoms with Crippen LogP contribution >= 0.6 is 0 Å². The van der Waals surface area contributed by atoms with Gasteiger partial charge in [0, 0.05) is 36.2 Å². The van der Waals surface area contributed by atoms with E-state index >= 15 is 0 Å². The van der Waals surface area contributed by atoms with Crippen LogP contribution in [0.3, 0.4) is 0 Å². The standard InChI is InChI=1S/C18H20N4O5S/c1-18(17(23)21-24,28(2,25)26)7-9-22-12-15(11-19-22)13-4-3-5-14(10-13)16-6-8-20-27-16/h3-6,8,10-12,24H,7,9H2,1-2H3,(H,21,23). The van der Waals surface area contributed by atoms with Gasteiger partial charge in [0.1, 0.15) is 0 Å². The van der Waals surface area contributed by atoms with Crippen molar-refractivity contribution >= 4 is 15.7 Å². The molecular weight excluding hydrogens is 384 g/mol. The summed E-state index contributed by atoms with van der Waals surface area (Å²) in [4.78, 5) is 11.9. The molecule has 2 aromatic heterocycles. The quantitative estimate of drug-likeness (QED) is 0.455. The van der Waals surface area contributed by atoms with Crippen molar-refractivity contribution in [3.8, 4) is 22.5 Å². The monoisotopic (exact) mass is 404 g/mol. The summed E-state index contributed by atoms with van der Waals surface area (Å²) in [7, 11) is -3.75. The topological polar surface area (TPSA) is 127 Å². The zero-order valence-corrected chi connectivity index (χ0v) is 16.2. The van der Waals surface area contributed by atoms with E-state index in [2.05, 4.69) is 10.3 Å². The van der Waals surface area contributed by atoms with Gasteiger partial charge in [-0.15, -0.1) is 0 Å². The number of aryl methyl sites for hydroxylation is 1. The van der Waals surface area contributed by atoms with Crippen LogP contribution in [0.15, 0.2) is 53.4 Å². The molecule has 2 heterocycles. The molecular formula is C18H20N4O5S. The third kappa shape index (κ3) is 3.82. The van der Waals surface area contributed by atoms with Gasteiger partial charge in [-0.05, 0) is 25.0 Å². The van der Waals surface area contributed by atoms with Gasteiger partial charge in [-0.25, -0.2) is 13.9 Å². The van der Waals surface area contributed by atoms with Crippen molar-refractivity contribution in [2.75, 3.05) is 6.26 Å². The zero-order chi connectivity index (χ0) is 20.4. The number of hydrogen-bond acceptors (Lipinski definition) is 7. The maximum Gasteiger partial charge on any atom is 0.264 e. The average molecular weight is 404 g/mol. The van der Waals surface area contributed by atoms with Gasteiger partial charge in [0.25, 0.3) is 5.91 Å². The van der Waals surface area contributed by atoms with E-state index in [1.165, 1.54) is 12.4 Å². The van der Waals surface area contributed by atoms with Crippen molar-refractivity contribution < 1.29 is 22.9 Å². The normalized spacial score (nSPS) is 13.8. The van der Waals surface area contributed by atoms with Gasteiger partial charge >= 0.3 is 0 Å². The summed E-state index contributed by atoms with van der Waals surface area (Å²) in [5.41, 5.74) is 4.03. The number of aromatic nitrogens is 3. The summed E-state index contributed by atoms with van der Waals surface area (Å²) < 4.78 is 29.0. The molecule has 0 saturated heterocycles. The predicted molar refractivity (Wildman–Crippen MR) is 101 cm³/mol. The Balaban J connectivity index is 1.80. The first-order valence-electron chi connectivity index (χ1n) is 8.43.